The molecule has 0 N–H and O–H groups in total. The summed E-state index contributed by atoms with van der Waals surface area (Å²) < 4.78 is 7.60. The molecular weight excluding hydrogens is 512 g/mol. The summed E-state index contributed by atoms with van der Waals surface area (Å²) >= 11 is 6.62. The van der Waals surface area contributed by atoms with Crippen LogP contribution in [0.4, 0.5) is 0 Å². The van der Waals surface area contributed by atoms with Crippen molar-refractivity contribution in [2.24, 2.45) is 0 Å². The summed E-state index contributed by atoms with van der Waals surface area (Å²) in [5.41, 5.74) is 3.02. The van der Waals surface area contributed by atoms with Gasteiger partial charge in [-0.05, 0) is 46.7 Å². The zero-order chi connectivity index (χ0) is 29.7. The Hall–Kier alpha value is -2.32. The van der Waals surface area contributed by atoms with Gasteiger partial charge in [0.05, 0.1) is 23.5 Å². The number of Topliss-reactive ketones (excluding diaryl/α,β-unsaturated/α-hetero) is 1. The molecule has 2 unspecified atom stereocenters. The molecule has 4 rings (SSSR count). The molecule has 3 aromatic heterocycles. The predicted octanol–water partition coefficient (Wildman–Crippen LogP) is 8.04. The standard InChI is InChI=1S/C23H31ClN6O2.C3H8.2C2H6/c1-6-9-14(29(4)5)12-30-23-18(13(3)27-30)21(24)25-22(26-23)19-16-11-8-10-15(17(31)7-2)20(16)32-28-19;1-3-2;2*1-2/h14-15H,6-12H2,1-5H3;3H2,1-2H3;2*1-2H3. The third-order valence-electron chi connectivity index (χ3n) is 6.46. The van der Waals surface area contributed by atoms with Crippen LogP contribution in [0.1, 0.15) is 117 Å². The number of aromatic nitrogens is 5. The van der Waals surface area contributed by atoms with Crippen LogP contribution in [0.15, 0.2) is 4.52 Å². The number of fused-ring (bicyclic) bond motifs is 2. The van der Waals surface area contributed by atoms with E-state index < -0.39 is 0 Å². The average Bonchev–Trinajstić information content (AvgIpc) is 3.51. The van der Waals surface area contributed by atoms with Crippen molar-refractivity contribution >= 4 is 28.4 Å². The van der Waals surface area contributed by atoms with Crippen molar-refractivity contribution < 1.29 is 9.32 Å². The van der Waals surface area contributed by atoms with E-state index in [4.69, 9.17) is 26.2 Å². The fourth-order valence-corrected chi connectivity index (χ4v) is 4.96. The van der Waals surface area contributed by atoms with Gasteiger partial charge in [-0.1, -0.05) is 85.0 Å². The zero-order valence-electron chi connectivity index (χ0n) is 26.2. The van der Waals surface area contributed by atoms with Crippen molar-refractivity contribution in [1.82, 2.24) is 29.8 Å². The molecule has 220 valence electrons. The number of rotatable bonds is 8. The second kappa shape index (κ2) is 17.4. The molecule has 8 nitrogen and oxygen atoms in total. The van der Waals surface area contributed by atoms with Crippen LogP contribution < -0.4 is 0 Å². The van der Waals surface area contributed by atoms with E-state index >= 15 is 0 Å². The summed E-state index contributed by atoms with van der Waals surface area (Å²) in [6, 6.07) is 0.334. The maximum Gasteiger partial charge on any atom is 0.185 e. The van der Waals surface area contributed by atoms with E-state index in [1.807, 2.05) is 46.2 Å². The van der Waals surface area contributed by atoms with E-state index in [9.17, 15) is 4.79 Å². The molecule has 3 aromatic rings. The minimum absolute atomic E-state index is 0.183. The van der Waals surface area contributed by atoms with Gasteiger partial charge in [-0.25, -0.2) is 14.6 Å². The lowest BCUT2D eigenvalue weighted by atomic mass is 9.84. The molecule has 3 heterocycles. The highest BCUT2D eigenvalue weighted by Gasteiger charge is 2.33. The van der Waals surface area contributed by atoms with Crippen molar-refractivity contribution in [3.05, 3.63) is 22.2 Å². The molecule has 9 heteroatoms. The number of halogens is 1. The van der Waals surface area contributed by atoms with E-state index in [0.717, 1.165) is 48.7 Å². The summed E-state index contributed by atoms with van der Waals surface area (Å²) in [5.74, 6) is 1.04. The summed E-state index contributed by atoms with van der Waals surface area (Å²) in [7, 11) is 4.17. The van der Waals surface area contributed by atoms with Crippen LogP contribution in [0.2, 0.25) is 5.15 Å². The molecule has 1 aliphatic rings. The van der Waals surface area contributed by atoms with Gasteiger partial charge in [0.1, 0.15) is 10.9 Å². The molecule has 0 spiro atoms. The molecule has 0 fully saturated rings. The number of carbonyl (C=O) groups excluding carboxylic acids is 1. The number of hydrogen-bond acceptors (Lipinski definition) is 7. The van der Waals surface area contributed by atoms with Crippen LogP contribution in [0.5, 0.6) is 0 Å². The van der Waals surface area contributed by atoms with E-state index in [1.165, 1.54) is 6.42 Å². The SMILES string of the molecule is CC.CC.CCC.CCCC(Cn1nc(C)c2c(Cl)nc(-c3noc4c3CCCC4C(=O)CC)nc21)N(C)C. The molecule has 0 amide bonds. The molecule has 0 saturated carbocycles. The van der Waals surface area contributed by atoms with Crippen LogP contribution in [-0.2, 0) is 17.8 Å². The Morgan fingerprint density at radius 2 is 1.77 bits per heavy atom. The van der Waals surface area contributed by atoms with Crippen molar-refractivity contribution in [2.75, 3.05) is 14.1 Å². The average molecular weight is 563 g/mol. The second-order valence-corrected chi connectivity index (χ2v) is 9.91. The Bertz CT molecular complexity index is 1150. The van der Waals surface area contributed by atoms with Gasteiger partial charge >= 0.3 is 0 Å². The highest BCUT2D eigenvalue weighted by Crippen LogP contribution is 2.38. The highest BCUT2D eigenvalue weighted by molar-refractivity contribution is 6.34. The van der Waals surface area contributed by atoms with Crippen LogP contribution in [0.25, 0.3) is 22.6 Å². The Labute approximate surface area is 240 Å². The third kappa shape index (κ3) is 8.34. The molecule has 0 saturated heterocycles. The zero-order valence-corrected chi connectivity index (χ0v) is 26.9. The molecule has 0 bridgehead atoms. The lowest BCUT2D eigenvalue weighted by molar-refractivity contribution is -0.120. The summed E-state index contributed by atoms with van der Waals surface area (Å²) in [5, 5.41) is 10.1. The smallest absolute Gasteiger partial charge is 0.185 e. The van der Waals surface area contributed by atoms with Crippen molar-refractivity contribution in [3.8, 4) is 11.5 Å². The first kappa shape index (κ1) is 34.7. The van der Waals surface area contributed by atoms with Crippen molar-refractivity contribution in [1.29, 1.82) is 0 Å². The normalized spacial score (nSPS) is 14.8. The van der Waals surface area contributed by atoms with Gasteiger partial charge in [-0.15, -0.1) is 0 Å². The maximum atomic E-state index is 12.4. The molecule has 0 radical (unpaired) electrons. The Morgan fingerprint density at radius 3 is 2.33 bits per heavy atom. The number of likely N-dealkylation sites (N-methyl/N-ethyl adjacent to an activating group) is 1. The molecule has 0 aromatic carbocycles. The van der Waals surface area contributed by atoms with Gasteiger partial charge in [0.2, 0.25) is 0 Å². The van der Waals surface area contributed by atoms with Crippen LogP contribution >= 0.6 is 11.6 Å². The van der Waals surface area contributed by atoms with Crippen molar-refractivity contribution in [3.63, 3.8) is 0 Å². The van der Waals surface area contributed by atoms with Crippen LogP contribution in [0.3, 0.4) is 0 Å². The monoisotopic (exact) mass is 562 g/mol. The number of carbonyl (C=O) groups is 1. The van der Waals surface area contributed by atoms with E-state index in [1.54, 1.807) is 0 Å². The first-order chi connectivity index (χ1) is 18.8. The van der Waals surface area contributed by atoms with E-state index in [2.05, 4.69) is 49.9 Å². The maximum absolute atomic E-state index is 12.4. The van der Waals surface area contributed by atoms with Gasteiger partial charge in [0.15, 0.2) is 22.9 Å². The van der Waals surface area contributed by atoms with Crippen LogP contribution in [-0.4, -0.2) is 55.7 Å². The topological polar surface area (TPSA) is 89.9 Å². The summed E-state index contributed by atoms with van der Waals surface area (Å²) in [4.78, 5) is 24.0. The van der Waals surface area contributed by atoms with Gasteiger partial charge in [0.25, 0.3) is 0 Å². The van der Waals surface area contributed by atoms with Gasteiger partial charge < -0.3 is 9.42 Å². The van der Waals surface area contributed by atoms with E-state index in [-0.39, 0.29) is 11.7 Å². The lowest BCUT2D eigenvalue weighted by Gasteiger charge is -2.23. The quantitative estimate of drug-likeness (QED) is 0.256. The van der Waals surface area contributed by atoms with Gasteiger partial charge in [-0.3, -0.25) is 4.79 Å². The first-order valence-corrected chi connectivity index (χ1v) is 15.2. The molecule has 0 aliphatic heterocycles. The fourth-order valence-electron chi connectivity index (χ4n) is 4.66. The van der Waals surface area contributed by atoms with E-state index in [0.29, 0.717) is 47.1 Å². The summed E-state index contributed by atoms with van der Waals surface area (Å²) in [6.07, 6.45) is 6.37. The Kier molecular flexibility index (Phi) is 15.5. The molecular formula is C30H51ClN6O2. The fraction of sp³-hybridized carbons (Fsp3) is 0.700. The second-order valence-electron chi connectivity index (χ2n) is 9.56. The molecule has 2 atom stereocenters. The first-order valence-electron chi connectivity index (χ1n) is 14.9. The van der Waals surface area contributed by atoms with Crippen LogP contribution in [0, 0.1) is 6.92 Å². The number of ketones is 1. The number of hydrogen-bond donors (Lipinski definition) is 0. The Balaban J connectivity index is 0.000000996. The molecule has 39 heavy (non-hydrogen) atoms. The number of aryl methyl sites for hydroxylation is 1. The lowest BCUT2D eigenvalue weighted by Crippen LogP contribution is -2.32. The van der Waals surface area contributed by atoms with Crippen molar-refractivity contribution in [2.45, 2.75) is 126 Å². The number of nitrogens with zero attached hydrogens (tertiary/aromatic N) is 6. The van der Waals surface area contributed by atoms with Gasteiger partial charge in [0, 0.05) is 18.0 Å². The minimum atomic E-state index is -0.230. The summed E-state index contributed by atoms with van der Waals surface area (Å²) in [6.45, 7) is 19.0. The Morgan fingerprint density at radius 1 is 1.13 bits per heavy atom. The largest absolute Gasteiger partial charge is 0.360 e. The minimum Gasteiger partial charge on any atom is -0.360 e. The predicted molar refractivity (Wildman–Crippen MR) is 163 cm³/mol. The van der Waals surface area contributed by atoms with Gasteiger partial charge in [-0.2, -0.15) is 5.10 Å². The third-order valence-corrected chi connectivity index (χ3v) is 6.74. The molecule has 1 aliphatic carbocycles. The highest BCUT2D eigenvalue weighted by atomic mass is 35.5.